The van der Waals surface area contributed by atoms with Gasteiger partial charge in [0.05, 0.1) is 18.4 Å². The Bertz CT molecular complexity index is 725. The van der Waals surface area contributed by atoms with E-state index < -0.39 is 0 Å². The highest BCUT2D eigenvalue weighted by molar-refractivity contribution is 14.0. The van der Waals surface area contributed by atoms with Crippen molar-refractivity contribution in [2.24, 2.45) is 10.4 Å². The number of rotatable bonds is 8. The fraction of sp³-hybridized carbons (Fsp3) is 0.524. The Morgan fingerprint density at radius 1 is 1.21 bits per heavy atom. The standard InChI is InChI=1S/C21H31N5O.HI/c1-22-20(25-16-21(12-13-27-2)10-6-7-11-21)24-15-19-23-14-18(26-19)17-8-4-3-5-9-17;/h3-5,8-9,14H,6-7,10-13,15-16H2,1-2H3,(H,23,26)(H2,22,24,25);1H. The number of aromatic amines is 1. The van der Waals surface area contributed by atoms with Crippen molar-refractivity contribution in [1.29, 1.82) is 0 Å². The number of hydrogen-bond acceptors (Lipinski definition) is 3. The summed E-state index contributed by atoms with van der Waals surface area (Å²) in [6.07, 6.45) is 8.13. The summed E-state index contributed by atoms with van der Waals surface area (Å²) in [7, 11) is 3.59. The second kappa shape index (κ2) is 11.4. The highest BCUT2D eigenvalue weighted by Crippen LogP contribution is 2.40. The molecule has 3 N–H and O–H groups in total. The molecule has 1 saturated carbocycles. The first-order chi connectivity index (χ1) is 13.2. The zero-order chi connectivity index (χ0) is 19.0. The van der Waals surface area contributed by atoms with Gasteiger partial charge in [0.25, 0.3) is 0 Å². The van der Waals surface area contributed by atoms with Gasteiger partial charge in [-0.05, 0) is 30.2 Å². The highest BCUT2D eigenvalue weighted by atomic mass is 127. The van der Waals surface area contributed by atoms with E-state index in [1.807, 2.05) is 31.4 Å². The average Bonchev–Trinajstić information content (AvgIpc) is 3.37. The SMILES string of the molecule is CN=C(NCc1ncc(-c2ccccc2)[nH]1)NCC1(CCOC)CCCC1.I. The van der Waals surface area contributed by atoms with Crippen molar-refractivity contribution in [2.45, 2.75) is 38.6 Å². The summed E-state index contributed by atoms with van der Waals surface area (Å²) in [5.41, 5.74) is 2.50. The Balaban J connectivity index is 0.00000280. The third-order valence-electron chi connectivity index (χ3n) is 5.49. The van der Waals surface area contributed by atoms with Crippen molar-refractivity contribution in [3.05, 3.63) is 42.4 Å². The Morgan fingerprint density at radius 2 is 1.96 bits per heavy atom. The van der Waals surface area contributed by atoms with Crippen molar-refractivity contribution in [2.75, 3.05) is 27.3 Å². The van der Waals surface area contributed by atoms with Gasteiger partial charge in [0.1, 0.15) is 5.82 Å². The molecule has 0 unspecified atom stereocenters. The summed E-state index contributed by atoms with van der Waals surface area (Å²) in [5, 5.41) is 6.87. The quantitative estimate of drug-likeness (QED) is 0.293. The Kier molecular flexibility index (Phi) is 9.24. The van der Waals surface area contributed by atoms with Crippen molar-refractivity contribution in [3.8, 4) is 11.3 Å². The monoisotopic (exact) mass is 497 g/mol. The van der Waals surface area contributed by atoms with Gasteiger partial charge in [-0.2, -0.15) is 0 Å². The van der Waals surface area contributed by atoms with Gasteiger partial charge < -0.3 is 20.4 Å². The van der Waals surface area contributed by atoms with E-state index in [2.05, 4.69) is 37.7 Å². The van der Waals surface area contributed by atoms with Gasteiger partial charge in [0, 0.05) is 27.3 Å². The fourth-order valence-corrected chi connectivity index (χ4v) is 3.83. The maximum atomic E-state index is 5.32. The molecule has 1 aliphatic carbocycles. The van der Waals surface area contributed by atoms with E-state index >= 15 is 0 Å². The van der Waals surface area contributed by atoms with Crippen LogP contribution in [0.3, 0.4) is 0 Å². The summed E-state index contributed by atoms with van der Waals surface area (Å²) >= 11 is 0. The molecule has 7 heteroatoms. The molecule has 0 spiro atoms. The third kappa shape index (κ3) is 6.20. The number of aliphatic imine (C=N–C) groups is 1. The summed E-state index contributed by atoms with van der Waals surface area (Å²) in [5.74, 6) is 1.71. The van der Waals surface area contributed by atoms with Gasteiger partial charge in [0.15, 0.2) is 5.96 Å². The lowest BCUT2D eigenvalue weighted by molar-refractivity contribution is 0.138. The summed E-state index contributed by atoms with van der Waals surface area (Å²) in [6, 6.07) is 10.2. The van der Waals surface area contributed by atoms with E-state index in [9.17, 15) is 0 Å². The number of H-pyrrole nitrogens is 1. The molecule has 0 aliphatic heterocycles. The van der Waals surface area contributed by atoms with Gasteiger partial charge in [-0.25, -0.2) is 4.98 Å². The van der Waals surface area contributed by atoms with Crippen molar-refractivity contribution in [3.63, 3.8) is 0 Å². The van der Waals surface area contributed by atoms with Gasteiger partial charge in [-0.3, -0.25) is 4.99 Å². The molecule has 0 bridgehead atoms. The molecule has 154 valence electrons. The second-order valence-electron chi connectivity index (χ2n) is 7.34. The lowest BCUT2D eigenvalue weighted by atomic mass is 9.83. The number of halogens is 1. The lowest BCUT2D eigenvalue weighted by Gasteiger charge is -2.29. The third-order valence-corrected chi connectivity index (χ3v) is 5.49. The van der Waals surface area contributed by atoms with Crippen LogP contribution in [-0.2, 0) is 11.3 Å². The highest BCUT2D eigenvalue weighted by Gasteiger charge is 2.33. The number of nitrogens with zero attached hydrogens (tertiary/aromatic N) is 2. The number of imidazole rings is 1. The first-order valence-corrected chi connectivity index (χ1v) is 9.77. The molecule has 1 aromatic carbocycles. The van der Waals surface area contributed by atoms with Crippen molar-refractivity contribution >= 4 is 29.9 Å². The van der Waals surface area contributed by atoms with E-state index in [1.54, 1.807) is 7.11 Å². The lowest BCUT2D eigenvalue weighted by Crippen LogP contribution is -2.43. The molecule has 0 amide bonds. The number of methoxy groups -OCH3 is 1. The largest absolute Gasteiger partial charge is 0.385 e. The van der Waals surface area contributed by atoms with Gasteiger partial charge >= 0.3 is 0 Å². The molecule has 0 atom stereocenters. The van der Waals surface area contributed by atoms with Crippen LogP contribution in [0.25, 0.3) is 11.3 Å². The zero-order valence-electron chi connectivity index (χ0n) is 16.8. The number of benzene rings is 1. The molecule has 0 saturated heterocycles. The van der Waals surface area contributed by atoms with Crippen molar-refractivity contribution in [1.82, 2.24) is 20.6 Å². The number of ether oxygens (including phenoxy) is 1. The van der Waals surface area contributed by atoms with Gasteiger partial charge in [-0.1, -0.05) is 43.2 Å². The van der Waals surface area contributed by atoms with Crippen LogP contribution in [-0.4, -0.2) is 43.2 Å². The minimum atomic E-state index is 0. The van der Waals surface area contributed by atoms with Crippen LogP contribution < -0.4 is 10.6 Å². The molecule has 3 rings (SSSR count). The predicted octanol–water partition coefficient (Wildman–Crippen LogP) is 3.96. The first-order valence-electron chi connectivity index (χ1n) is 9.77. The van der Waals surface area contributed by atoms with E-state index in [4.69, 9.17) is 4.74 Å². The minimum Gasteiger partial charge on any atom is -0.385 e. The molecule has 2 aromatic rings. The summed E-state index contributed by atoms with van der Waals surface area (Å²) in [4.78, 5) is 12.2. The van der Waals surface area contributed by atoms with Crippen LogP contribution in [0.5, 0.6) is 0 Å². The van der Waals surface area contributed by atoms with E-state index in [-0.39, 0.29) is 24.0 Å². The Hall–Kier alpha value is -1.61. The number of aromatic nitrogens is 2. The molecule has 0 radical (unpaired) electrons. The van der Waals surface area contributed by atoms with Crippen LogP contribution in [0.15, 0.2) is 41.5 Å². The van der Waals surface area contributed by atoms with E-state index in [0.717, 1.165) is 42.6 Å². The van der Waals surface area contributed by atoms with Crippen LogP contribution in [0.1, 0.15) is 37.9 Å². The molecule has 1 aromatic heterocycles. The molecular formula is C21H32IN5O. The average molecular weight is 497 g/mol. The van der Waals surface area contributed by atoms with Crippen LogP contribution in [0.4, 0.5) is 0 Å². The molecule has 1 heterocycles. The number of guanidine groups is 1. The predicted molar refractivity (Wildman–Crippen MR) is 125 cm³/mol. The van der Waals surface area contributed by atoms with E-state index in [0.29, 0.717) is 12.0 Å². The van der Waals surface area contributed by atoms with E-state index in [1.165, 1.54) is 25.7 Å². The maximum absolute atomic E-state index is 5.32. The van der Waals surface area contributed by atoms with Crippen LogP contribution >= 0.6 is 24.0 Å². The summed E-state index contributed by atoms with van der Waals surface area (Å²) in [6.45, 7) is 2.36. The number of nitrogens with one attached hydrogen (secondary N) is 3. The summed E-state index contributed by atoms with van der Waals surface area (Å²) < 4.78 is 5.32. The molecular weight excluding hydrogens is 465 g/mol. The minimum absolute atomic E-state index is 0. The normalized spacial score (nSPS) is 15.9. The topological polar surface area (TPSA) is 74.3 Å². The smallest absolute Gasteiger partial charge is 0.191 e. The molecule has 1 aliphatic rings. The Labute approximate surface area is 185 Å². The van der Waals surface area contributed by atoms with Crippen LogP contribution in [0.2, 0.25) is 0 Å². The zero-order valence-corrected chi connectivity index (χ0v) is 19.2. The first kappa shape index (κ1) is 22.7. The molecule has 6 nitrogen and oxygen atoms in total. The second-order valence-corrected chi connectivity index (χ2v) is 7.34. The Morgan fingerprint density at radius 3 is 2.64 bits per heavy atom. The molecule has 28 heavy (non-hydrogen) atoms. The van der Waals surface area contributed by atoms with Gasteiger partial charge in [0.2, 0.25) is 0 Å². The number of hydrogen-bond donors (Lipinski definition) is 3. The van der Waals surface area contributed by atoms with Crippen LogP contribution in [0, 0.1) is 5.41 Å². The van der Waals surface area contributed by atoms with Gasteiger partial charge in [-0.15, -0.1) is 24.0 Å². The molecule has 1 fully saturated rings. The maximum Gasteiger partial charge on any atom is 0.191 e. The fourth-order valence-electron chi connectivity index (χ4n) is 3.83. The van der Waals surface area contributed by atoms with Crippen molar-refractivity contribution < 1.29 is 4.74 Å².